The molecule has 1 fully saturated rings. The molecule has 116 valence electrons. The van der Waals surface area contributed by atoms with Crippen LogP contribution in [0.25, 0.3) is 0 Å². The van der Waals surface area contributed by atoms with Gasteiger partial charge in [-0.3, -0.25) is 4.57 Å². The number of aliphatic hydroxyl groups is 1. The standard InChI is InChI=1S/C10H14N3O7P/c1-18-4-5-8(20-21(16)17)7(14)9(19-5)13-3-2-6(11)12-10(13)15/h2-3,5,7-9,14H,4H2,1H3,(H2-,11,12,15,16,17)/p+1/t5-,7-,8-,9-/m1/s1. The minimum absolute atomic E-state index is 0.0125. The first-order chi connectivity index (χ1) is 9.93. The third kappa shape index (κ3) is 3.43. The molecular formula is C10H15N3O7P+. The van der Waals surface area contributed by atoms with E-state index in [9.17, 15) is 14.5 Å². The summed E-state index contributed by atoms with van der Waals surface area (Å²) in [4.78, 5) is 24.1. The van der Waals surface area contributed by atoms with Gasteiger partial charge in [-0.2, -0.15) is 4.98 Å². The summed E-state index contributed by atoms with van der Waals surface area (Å²) in [5, 5.41) is 10.2. The Morgan fingerprint density at radius 2 is 2.33 bits per heavy atom. The van der Waals surface area contributed by atoms with Crippen LogP contribution in [0.2, 0.25) is 0 Å². The van der Waals surface area contributed by atoms with Crippen LogP contribution in [0.4, 0.5) is 5.82 Å². The van der Waals surface area contributed by atoms with Gasteiger partial charge in [0.2, 0.25) is 0 Å². The van der Waals surface area contributed by atoms with E-state index in [1.165, 1.54) is 19.4 Å². The lowest BCUT2D eigenvalue weighted by molar-refractivity contribution is -0.0605. The molecule has 21 heavy (non-hydrogen) atoms. The van der Waals surface area contributed by atoms with Gasteiger partial charge >= 0.3 is 13.9 Å². The minimum Gasteiger partial charge on any atom is -0.385 e. The highest BCUT2D eigenvalue weighted by Gasteiger charge is 2.50. The minimum atomic E-state index is -2.94. The largest absolute Gasteiger partial charge is 0.695 e. The number of ether oxygens (including phenoxy) is 2. The second-order valence-corrected chi connectivity index (χ2v) is 5.05. The number of nitrogens with two attached hydrogens (primary N) is 1. The maximum absolute atomic E-state index is 11.8. The van der Waals surface area contributed by atoms with Crippen molar-refractivity contribution in [2.75, 3.05) is 19.5 Å². The third-order valence-electron chi connectivity index (χ3n) is 2.98. The molecule has 10 nitrogen and oxygen atoms in total. The number of anilines is 1. The van der Waals surface area contributed by atoms with Gasteiger partial charge in [-0.15, -0.1) is 9.42 Å². The van der Waals surface area contributed by atoms with E-state index >= 15 is 0 Å². The van der Waals surface area contributed by atoms with Crippen LogP contribution < -0.4 is 11.4 Å². The number of hydrogen-bond donors (Lipinski definition) is 3. The molecule has 0 bridgehead atoms. The van der Waals surface area contributed by atoms with Gasteiger partial charge in [-0.25, -0.2) is 4.79 Å². The molecule has 1 aliphatic heterocycles. The zero-order valence-electron chi connectivity index (χ0n) is 11.0. The first kappa shape index (κ1) is 16.0. The van der Waals surface area contributed by atoms with Crippen molar-refractivity contribution in [3.63, 3.8) is 0 Å². The Hall–Kier alpha value is -1.42. The number of aromatic nitrogens is 2. The number of hydrogen-bond acceptors (Lipinski definition) is 8. The van der Waals surface area contributed by atoms with Crippen LogP contribution in [-0.2, 0) is 18.6 Å². The Balaban J connectivity index is 2.28. The zero-order chi connectivity index (χ0) is 15.6. The van der Waals surface area contributed by atoms with E-state index in [2.05, 4.69) is 4.98 Å². The van der Waals surface area contributed by atoms with Crippen LogP contribution in [0, 0.1) is 0 Å². The summed E-state index contributed by atoms with van der Waals surface area (Å²) in [5.74, 6) is 0.0309. The van der Waals surface area contributed by atoms with Crippen LogP contribution in [0.1, 0.15) is 6.23 Å². The molecule has 0 amide bonds. The Morgan fingerprint density at radius 1 is 1.62 bits per heavy atom. The Morgan fingerprint density at radius 3 is 2.90 bits per heavy atom. The number of nitrogen functional groups attached to an aromatic ring is 1. The van der Waals surface area contributed by atoms with Gasteiger partial charge in [0.15, 0.2) is 12.3 Å². The van der Waals surface area contributed by atoms with E-state index < -0.39 is 38.5 Å². The maximum atomic E-state index is 11.8. The summed E-state index contributed by atoms with van der Waals surface area (Å²) >= 11 is 0. The molecule has 2 rings (SSSR count). The monoisotopic (exact) mass is 320 g/mol. The van der Waals surface area contributed by atoms with Gasteiger partial charge in [0, 0.05) is 17.9 Å². The number of aliphatic hydroxyl groups excluding tert-OH is 1. The normalized spacial score (nSPS) is 29.6. The molecule has 0 radical (unpaired) electrons. The highest BCUT2D eigenvalue weighted by Crippen LogP contribution is 2.35. The van der Waals surface area contributed by atoms with Crippen LogP contribution in [0.5, 0.6) is 0 Å². The van der Waals surface area contributed by atoms with Crippen molar-refractivity contribution in [3.05, 3.63) is 22.7 Å². The summed E-state index contributed by atoms with van der Waals surface area (Å²) in [7, 11) is -1.55. The van der Waals surface area contributed by atoms with Gasteiger partial charge in [-0.05, 0) is 6.07 Å². The second kappa shape index (κ2) is 6.56. The summed E-state index contributed by atoms with van der Waals surface area (Å²) in [5.41, 5.74) is 4.67. The van der Waals surface area contributed by atoms with Crippen LogP contribution in [-0.4, -0.2) is 51.6 Å². The fourth-order valence-corrected chi connectivity index (χ4v) is 2.57. The molecule has 1 aromatic heterocycles. The van der Waals surface area contributed by atoms with Crippen LogP contribution >= 0.6 is 8.25 Å². The van der Waals surface area contributed by atoms with Gasteiger partial charge in [-0.1, -0.05) is 0 Å². The quantitative estimate of drug-likeness (QED) is 0.567. The summed E-state index contributed by atoms with van der Waals surface area (Å²) in [6.07, 6.45) is -3.09. The molecule has 1 aromatic rings. The van der Waals surface area contributed by atoms with E-state index in [0.29, 0.717) is 0 Å². The highest BCUT2D eigenvalue weighted by molar-refractivity contribution is 7.32. The average Bonchev–Trinajstić information content (AvgIpc) is 2.68. The Bertz CT molecular complexity index is 580. The maximum Gasteiger partial charge on any atom is 0.695 e. The molecule has 1 unspecified atom stereocenters. The van der Waals surface area contributed by atoms with E-state index in [-0.39, 0.29) is 12.4 Å². The molecule has 0 spiro atoms. The molecule has 4 N–H and O–H groups in total. The van der Waals surface area contributed by atoms with Crippen LogP contribution in [0.3, 0.4) is 0 Å². The van der Waals surface area contributed by atoms with Gasteiger partial charge in [0.1, 0.15) is 18.0 Å². The predicted octanol–water partition coefficient (Wildman–Crippen LogP) is -1.23. The molecule has 5 atom stereocenters. The van der Waals surface area contributed by atoms with Gasteiger partial charge in [0.05, 0.1) is 6.61 Å². The van der Waals surface area contributed by atoms with E-state index in [1.807, 2.05) is 0 Å². The molecule has 2 heterocycles. The Labute approximate surface area is 120 Å². The molecule has 0 saturated carbocycles. The first-order valence-corrected chi connectivity index (χ1v) is 7.07. The van der Waals surface area contributed by atoms with Crippen molar-refractivity contribution in [2.45, 2.75) is 24.5 Å². The number of nitrogens with zero attached hydrogens (tertiary/aromatic N) is 2. The summed E-state index contributed by atoms with van der Waals surface area (Å²) < 4.78 is 27.0. The van der Waals surface area contributed by atoms with Crippen molar-refractivity contribution in [1.29, 1.82) is 0 Å². The Kier molecular flexibility index (Phi) is 4.99. The van der Waals surface area contributed by atoms with Crippen molar-refractivity contribution in [1.82, 2.24) is 9.55 Å². The smallest absolute Gasteiger partial charge is 0.385 e. The predicted molar refractivity (Wildman–Crippen MR) is 69.4 cm³/mol. The van der Waals surface area contributed by atoms with Crippen molar-refractivity contribution < 1.29 is 28.6 Å². The van der Waals surface area contributed by atoms with Gasteiger partial charge in [0.25, 0.3) is 0 Å². The SMILES string of the molecule is COC[C@H]1O[C@@H](n2ccc(N)nc2=O)[C@H](O)[C@@H]1O[P+](=O)O. The van der Waals surface area contributed by atoms with E-state index in [1.54, 1.807) is 0 Å². The molecule has 0 aromatic carbocycles. The lowest BCUT2D eigenvalue weighted by Gasteiger charge is -2.16. The highest BCUT2D eigenvalue weighted by atomic mass is 31.1. The summed E-state index contributed by atoms with van der Waals surface area (Å²) in [6, 6.07) is 1.36. The van der Waals surface area contributed by atoms with Crippen molar-refractivity contribution >= 4 is 14.1 Å². The summed E-state index contributed by atoms with van der Waals surface area (Å²) in [6.45, 7) is 0.0125. The first-order valence-electron chi connectivity index (χ1n) is 5.94. The lowest BCUT2D eigenvalue weighted by Crippen LogP contribution is -2.37. The molecular weight excluding hydrogens is 305 g/mol. The number of methoxy groups -OCH3 is 1. The number of rotatable bonds is 5. The fourth-order valence-electron chi connectivity index (χ4n) is 2.10. The van der Waals surface area contributed by atoms with E-state index in [4.69, 9.17) is 24.6 Å². The van der Waals surface area contributed by atoms with E-state index in [0.717, 1.165) is 4.57 Å². The fraction of sp³-hybridized carbons (Fsp3) is 0.600. The second-order valence-electron chi connectivity index (χ2n) is 4.36. The molecule has 11 heteroatoms. The van der Waals surface area contributed by atoms with Crippen molar-refractivity contribution in [3.8, 4) is 0 Å². The average molecular weight is 320 g/mol. The van der Waals surface area contributed by atoms with Gasteiger partial charge < -0.3 is 20.3 Å². The van der Waals surface area contributed by atoms with Crippen LogP contribution in [0.15, 0.2) is 17.1 Å². The topological polar surface area (TPSA) is 146 Å². The lowest BCUT2D eigenvalue weighted by atomic mass is 10.1. The molecule has 1 saturated heterocycles. The zero-order valence-corrected chi connectivity index (χ0v) is 11.9. The third-order valence-corrected chi connectivity index (χ3v) is 3.40. The molecule has 0 aliphatic carbocycles. The van der Waals surface area contributed by atoms with Crippen molar-refractivity contribution in [2.24, 2.45) is 0 Å². The molecule has 1 aliphatic rings.